The molecule has 1 amide bonds. The molecule has 1 aliphatic heterocycles. The summed E-state index contributed by atoms with van der Waals surface area (Å²) in [6.45, 7) is 0.731. The molecule has 1 saturated carbocycles. The van der Waals surface area contributed by atoms with E-state index in [1.165, 1.54) is 0 Å². The second-order valence-electron chi connectivity index (χ2n) is 6.68. The number of carbonyl (C=O) groups excluding carboxylic acids is 1. The molecule has 1 aromatic rings. The maximum Gasteiger partial charge on any atom is 0.227 e. The maximum atomic E-state index is 12.9. The number of rotatable bonds is 4. The molecular formula is C18H23Cl2NO3. The summed E-state index contributed by atoms with van der Waals surface area (Å²) in [6.07, 6.45) is 4.15. The van der Waals surface area contributed by atoms with Crippen molar-refractivity contribution >= 4 is 29.1 Å². The van der Waals surface area contributed by atoms with Crippen LogP contribution in [0.25, 0.3) is 0 Å². The summed E-state index contributed by atoms with van der Waals surface area (Å²) >= 11 is 12.0. The normalized spacial score (nSPS) is 29.6. The van der Waals surface area contributed by atoms with Gasteiger partial charge in [-0.3, -0.25) is 4.79 Å². The van der Waals surface area contributed by atoms with Crippen LogP contribution in [0.3, 0.4) is 0 Å². The summed E-state index contributed by atoms with van der Waals surface area (Å²) in [5, 5.41) is 0.981. The van der Waals surface area contributed by atoms with Crippen molar-refractivity contribution in [1.82, 2.24) is 4.90 Å². The van der Waals surface area contributed by atoms with Crippen LogP contribution in [0, 0.1) is 0 Å². The predicted octanol–water partition coefficient (Wildman–Crippen LogP) is 3.72. The van der Waals surface area contributed by atoms with Crippen molar-refractivity contribution in [1.29, 1.82) is 0 Å². The highest BCUT2D eigenvalue weighted by Gasteiger charge is 2.52. The summed E-state index contributed by atoms with van der Waals surface area (Å²) < 4.78 is 11.4. The van der Waals surface area contributed by atoms with Gasteiger partial charge in [0.1, 0.15) is 0 Å². The average Bonchev–Trinajstić information content (AvgIpc) is 2.97. The fourth-order valence-corrected chi connectivity index (χ4v) is 4.42. The lowest BCUT2D eigenvalue weighted by atomic mass is 9.79. The number of ether oxygens (including phenoxy) is 2. The van der Waals surface area contributed by atoms with Crippen molar-refractivity contribution in [2.24, 2.45) is 0 Å². The van der Waals surface area contributed by atoms with E-state index in [9.17, 15) is 4.79 Å². The lowest BCUT2D eigenvalue weighted by molar-refractivity contribution is -0.140. The Bertz CT molecular complexity index is 624. The van der Waals surface area contributed by atoms with E-state index in [0.29, 0.717) is 16.5 Å². The quantitative estimate of drug-likeness (QED) is 0.809. The summed E-state index contributed by atoms with van der Waals surface area (Å²) in [7, 11) is 3.49. The molecule has 1 saturated heterocycles. The zero-order valence-corrected chi connectivity index (χ0v) is 15.6. The Morgan fingerprint density at radius 2 is 2.08 bits per heavy atom. The highest BCUT2D eigenvalue weighted by atomic mass is 35.5. The number of carbonyl (C=O) groups is 1. The molecule has 0 N–H and O–H groups in total. The van der Waals surface area contributed by atoms with E-state index < -0.39 is 0 Å². The third kappa shape index (κ3) is 3.30. The fourth-order valence-electron chi connectivity index (χ4n) is 4.10. The molecule has 0 bridgehead atoms. The molecule has 1 heterocycles. The molecule has 3 atom stereocenters. The minimum absolute atomic E-state index is 0.0801. The number of hydrogen-bond acceptors (Lipinski definition) is 3. The van der Waals surface area contributed by atoms with Crippen LogP contribution in [-0.4, -0.2) is 49.3 Å². The number of halogens is 2. The van der Waals surface area contributed by atoms with Gasteiger partial charge in [0, 0.05) is 20.8 Å². The number of benzene rings is 1. The zero-order valence-electron chi connectivity index (χ0n) is 14.1. The molecule has 3 rings (SSSR count). The van der Waals surface area contributed by atoms with Crippen molar-refractivity contribution in [2.75, 3.05) is 20.8 Å². The number of amides is 1. The van der Waals surface area contributed by atoms with Crippen molar-refractivity contribution in [3.63, 3.8) is 0 Å². The first kappa shape index (κ1) is 18.0. The number of fused-ring (bicyclic) bond motifs is 1. The van der Waals surface area contributed by atoms with Gasteiger partial charge in [0.25, 0.3) is 0 Å². The minimum atomic E-state index is -0.220. The first-order valence-electron chi connectivity index (χ1n) is 8.30. The number of nitrogens with zero attached hydrogens (tertiary/aromatic N) is 1. The molecule has 1 aromatic carbocycles. The number of hydrogen-bond donors (Lipinski definition) is 0. The van der Waals surface area contributed by atoms with E-state index in [0.717, 1.165) is 37.8 Å². The van der Waals surface area contributed by atoms with E-state index in [2.05, 4.69) is 0 Å². The van der Waals surface area contributed by atoms with Crippen LogP contribution in [-0.2, 0) is 20.7 Å². The standard InChI is InChI=1S/C18H23Cl2NO3/c1-23-13-5-6-18(24-2)7-8-21(16(18)11-13)17(22)10-12-3-4-14(19)15(20)9-12/h3-4,9,13,16H,5-8,10-11H2,1-2H3/t13-,16-,18+/m0/s1. The van der Waals surface area contributed by atoms with Crippen molar-refractivity contribution in [3.05, 3.63) is 33.8 Å². The SMILES string of the molecule is CO[C@H]1CC[C@@]2(OC)CCN(C(=O)Cc3ccc(Cl)c(Cl)c3)[C@H]2C1. The maximum absolute atomic E-state index is 12.9. The molecule has 24 heavy (non-hydrogen) atoms. The van der Waals surface area contributed by atoms with Gasteiger partial charge in [0.05, 0.1) is 34.2 Å². The Balaban J connectivity index is 1.75. The summed E-state index contributed by atoms with van der Waals surface area (Å²) in [4.78, 5) is 14.8. The fraction of sp³-hybridized carbons (Fsp3) is 0.611. The topological polar surface area (TPSA) is 38.8 Å². The monoisotopic (exact) mass is 371 g/mol. The van der Waals surface area contributed by atoms with Gasteiger partial charge in [-0.2, -0.15) is 0 Å². The molecule has 2 aliphatic rings. The van der Waals surface area contributed by atoms with Gasteiger partial charge in [-0.1, -0.05) is 29.3 Å². The zero-order chi connectivity index (χ0) is 17.3. The lowest BCUT2D eigenvalue weighted by Gasteiger charge is -2.43. The van der Waals surface area contributed by atoms with Crippen LogP contribution >= 0.6 is 23.2 Å². The third-order valence-corrected chi connectivity index (χ3v) is 6.27. The van der Waals surface area contributed by atoms with Gasteiger partial charge in [0.15, 0.2) is 0 Å². The van der Waals surface area contributed by atoms with Crippen LogP contribution in [0.1, 0.15) is 31.2 Å². The third-order valence-electron chi connectivity index (χ3n) is 5.53. The Kier molecular flexibility index (Phi) is 5.40. The van der Waals surface area contributed by atoms with Crippen molar-refractivity contribution in [2.45, 2.75) is 49.9 Å². The van der Waals surface area contributed by atoms with Gasteiger partial charge in [-0.25, -0.2) is 0 Å². The van der Waals surface area contributed by atoms with Crippen molar-refractivity contribution < 1.29 is 14.3 Å². The van der Waals surface area contributed by atoms with Crippen LogP contribution in [0.4, 0.5) is 0 Å². The van der Waals surface area contributed by atoms with E-state index in [4.69, 9.17) is 32.7 Å². The highest BCUT2D eigenvalue weighted by Crippen LogP contribution is 2.43. The molecule has 0 spiro atoms. The largest absolute Gasteiger partial charge is 0.381 e. The first-order chi connectivity index (χ1) is 11.5. The van der Waals surface area contributed by atoms with Crippen LogP contribution in [0.5, 0.6) is 0 Å². The minimum Gasteiger partial charge on any atom is -0.381 e. The van der Waals surface area contributed by atoms with E-state index in [-0.39, 0.29) is 23.7 Å². The molecule has 0 radical (unpaired) electrons. The van der Waals surface area contributed by atoms with Crippen LogP contribution in [0.2, 0.25) is 10.0 Å². The number of methoxy groups -OCH3 is 2. The summed E-state index contributed by atoms with van der Waals surface area (Å²) in [6, 6.07) is 5.43. The van der Waals surface area contributed by atoms with E-state index >= 15 is 0 Å². The van der Waals surface area contributed by atoms with Crippen molar-refractivity contribution in [3.8, 4) is 0 Å². The van der Waals surface area contributed by atoms with Crippen LogP contribution in [0.15, 0.2) is 18.2 Å². The Morgan fingerprint density at radius 3 is 2.75 bits per heavy atom. The van der Waals surface area contributed by atoms with Gasteiger partial charge < -0.3 is 14.4 Å². The molecule has 2 fully saturated rings. The molecule has 0 aromatic heterocycles. The Morgan fingerprint density at radius 1 is 1.29 bits per heavy atom. The van der Waals surface area contributed by atoms with Gasteiger partial charge in [0.2, 0.25) is 5.91 Å². The Labute approximate surface area is 153 Å². The molecule has 132 valence electrons. The molecule has 0 unspecified atom stereocenters. The summed E-state index contributed by atoms with van der Waals surface area (Å²) in [5.41, 5.74) is 0.658. The van der Waals surface area contributed by atoms with Gasteiger partial charge >= 0.3 is 0 Å². The van der Waals surface area contributed by atoms with Gasteiger partial charge in [-0.05, 0) is 43.4 Å². The van der Waals surface area contributed by atoms with Gasteiger partial charge in [-0.15, -0.1) is 0 Å². The van der Waals surface area contributed by atoms with Crippen LogP contribution < -0.4 is 0 Å². The number of likely N-dealkylation sites (tertiary alicyclic amines) is 1. The highest BCUT2D eigenvalue weighted by molar-refractivity contribution is 6.42. The molecule has 6 heteroatoms. The lowest BCUT2D eigenvalue weighted by Crippen LogP contribution is -2.53. The summed E-state index contributed by atoms with van der Waals surface area (Å²) in [5.74, 6) is 0.106. The smallest absolute Gasteiger partial charge is 0.227 e. The molecular weight excluding hydrogens is 349 g/mol. The van der Waals surface area contributed by atoms with E-state index in [1.54, 1.807) is 26.4 Å². The average molecular weight is 372 g/mol. The second-order valence-corrected chi connectivity index (χ2v) is 7.49. The van der Waals surface area contributed by atoms with E-state index in [1.807, 2.05) is 11.0 Å². The Hall–Kier alpha value is -0.810. The molecule has 4 nitrogen and oxygen atoms in total. The first-order valence-corrected chi connectivity index (χ1v) is 9.06. The predicted molar refractivity (Wildman–Crippen MR) is 94.7 cm³/mol. The second kappa shape index (κ2) is 7.20. The molecule has 1 aliphatic carbocycles.